The molecular weight excluding hydrogens is 446 g/mol. The van der Waals surface area contributed by atoms with Gasteiger partial charge in [0.2, 0.25) is 0 Å². The van der Waals surface area contributed by atoms with Crippen LogP contribution in [0.1, 0.15) is 23.9 Å². The molecule has 176 valence electrons. The van der Waals surface area contributed by atoms with Crippen LogP contribution in [0, 0.1) is 6.92 Å². The average molecular weight is 472 g/mol. The Hall–Kier alpha value is -4.65. The summed E-state index contributed by atoms with van der Waals surface area (Å²) >= 11 is 0. The van der Waals surface area contributed by atoms with Gasteiger partial charge in [-0.25, -0.2) is 5.10 Å². The van der Waals surface area contributed by atoms with Gasteiger partial charge < -0.3 is 0 Å². The largest absolute Gasteiger partial charge is 0.260 e. The van der Waals surface area contributed by atoms with Crippen molar-refractivity contribution in [3.8, 4) is 33.8 Å². The molecule has 0 aliphatic heterocycles. The Labute approximate surface area is 208 Å². The van der Waals surface area contributed by atoms with Crippen molar-refractivity contribution in [2.24, 2.45) is 0 Å². The molecule has 1 N–H and O–H groups in total. The third-order valence-electron chi connectivity index (χ3n) is 6.50. The smallest absolute Gasteiger partial charge is 0.180 e. The van der Waals surface area contributed by atoms with Gasteiger partial charge >= 0.3 is 0 Å². The molecule has 3 heterocycles. The molecule has 0 amide bonds. The third-order valence-corrected chi connectivity index (χ3v) is 6.50. The number of fused-ring (bicyclic) bond motifs is 1. The topological polar surface area (TPSA) is 85.2 Å². The number of rotatable bonds is 6. The number of hydrogen-bond donors (Lipinski definition) is 1. The molecule has 6 aromatic rings. The highest BCUT2D eigenvalue weighted by molar-refractivity contribution is 5.95. The minimum atomic E-state index is 0.654. The first-order valence-electron chi connectivity index (χ1n) is 12.1. The number of benzene rings is 3. The lowest BCUT2D eigenvalue weighted by atomic mass is 9.98. The highest BCUT2D eigenvalue weighted by Gasteiger charge is 2.17. The Bertz CT molecular complexity index is 1630. The summed E-state index contributed by atoms with van der Waals surface area (Å²) in [4.78, 5) is 4.83. The Balaban J connectivity index is 1.39. The van der Waals surface area contributed by atoms with Crippen molar-refractivity contribution in [1.82, 2.24) is 35.4 Å². The fourth-order valence-corrected chi connectivity index (χ4v) is 4.72. The number of aromatic amines is 1. The summed E-state index contributed by atoms with van der Waals surface area (Å²) in [7, 11) is 0. The van der Waals surface area contributed by atoms with Gasteiger partial charge in [0.05, 0.1) is 12.1 Å². The van der Waals surface area contributed by atoms with Crippen molar-refractivity contribution >= 4 is 10.9 Å². The van der Waals surface area contributed by atoms with Crippen LogP contribution in [0.5, 0.6) is 0 Å². The van der Waals surface area contributed by atoms with Crippen LogP contribution in [0.25, 0.3) is 44.7 Å². The van der Waals surface area contributed by atoms with Crippen molar-refractivity contribution in [3.63, 3.8) is 0 Å². The van der Waals surface area contributed by atoms with E-state index >= 15 is 0 Å². The summed E-state index contributed by atoms with van der Waals surface area (Å²) in [5, 5.41) is 20.6. The van der Waals surface area contributed by atoms with Crippen molar-refractivity contribution in [2.75, 3.05) is 0 Å². The molecular formula is C29H25N7. The third kappa shape index (κ3) is 3.94. The monoisotopic (exact) mass is 471 g/mol. The fraction of sp³-hybridized carbons (Fsp3) is 0.138. The summed E-state index contributed by atoms with van der Waals surface area (Å²) in [6, 6.07) is 29.3. The van der Waals surface area contributed by atoms with E-state index in [2.05, 4.69) is 99.8 Å². The lowest BCUT2D eigenvalue weighted by Crippen LogP contribution is -2.02. The SMILES string of the molecule is CCc1cc2c(c(C)n1)c(-c1ccccc1)nn2Cc1ccc(-c2ccccc2-c2nnn[nH]2)cc1. The summed E-state index contributed by atoms with van der Waals surface area (Å²) in [6.45, 7) is 4.89. The standard InChI is InChI=1S/C29H25N7/c1-3-23-17-26-27(19(2)30-23)28(22-9-5-4-6-10-22)33-36(26)18-20-13-15-21(16-14-20)24-11-7-8-12-25(24)29-31-34-35-32-29/h4-17H,3,18H2,1-2H3,(H,31,32,34,35). The van der Waals surface area contributed by atoms with Crippen LogP contribution in [0.4, 0.5) is 0 Å². The van der Waals surface area contributed by atoms with E-state index in [0.29, 0.717) is 12.4 Å². The molecule has 0 spiro atoms. The minimum absolute atomic E-state index is 0.654. The van der Waals surface area contributed by atoms with Crippen molar-refractivity contribution in [2.45, 2.75) is 26.8 Å². The maximum atomic E-state index is 5.07. The van der Waals surface area contributed by atoms with Gasteiger partial charge in [0.1, 0.15) is 5.69 Å². The van der Waals surface area contributed by atoms with E-state index < -0.39 is 0 Å². The lowest BCUT2D eigenvalue weighted by molar-refractivity contribution is 0.714. The maximum absolute atomic E-state index is 5.07. The summed E-state index contributed by atoms with van der Waals surface area (Å²) in [6.07, 6.45) is 0.886. The lowest BCUT2D eigenvalue weighted by Gasteiger charge is -2.09. The van der Waals surface area contributed by atoms with Crippen LogP contribution in [0.15, 0.2) is 84.9 Å². The molecule has 0 aliphatic rings. The highest BCUT2D eigenvalue weighted by Crippen LogP contribution is 2.32. The van der Waals surface area contributed by atoms with Gasteiger partial charge in [-0.1, -0.05) is 85.8 Å². The van der Waals surface area contributed by atoms with Crippen molar-refractivity contribution in [1.29, 1.82) is 0 Å². The molecule has 0 bridgehead atoms. The van der Waals surface area contributed by atoms with E-state index in [1.165, 1.54) is 5.56 Å². The molecule has 0 fully saturated rings. The normalized spacial score (nSPS) is 11.3. The number of aryl methyl sites for hydroxylation is 2. The zero-order valence-electron chi connectivity index (χ0n) is 20.2. The molecule has 0 aliphatic carbocycles. The molecule has 0 atom stereocenters. The highest BCUT2D eigenvalue weighted by atomic mass is 15.5. The number of tetrazole rings is 1. The first kappa shape index (κ1) is 21.9. The van der Waals surface area contributed by atoms with E-state index in [4.69, 9.17) is 10.1 Å². The predicted octanol–water partition coefficient (Wildman–Crippen LogP) is 5.86. The van der Waals surface area contributed by atoms with Crippen LogP contribution < -0.4 is 0 Å². The number of hydrogen-bond acceptors (Lipinski definition) is 5. The van der Waals surface area contributed by atoms with Gasteiger partial charge in [0.25, 0.3) is 0 Å². The molecule has 3 aromatic carbocycles. The van der Waals surface area contributed by atoms with Crippen LogP contribution >= 0.6 is 0 Å². The van der Waals surface area contributed by atoms with E-state index in [1.807, 2.05) is 24.3 Å². The van der Waals surface area contributed by atoms with Gasteiger partial charge in [-0.3, -0.25) is 9.67 Å². The molecule has 0 unspecified atom stereocenters. The Morgan fingerprint density at radius 3 is 2.31 bits per heavy atom. The maximum Gasteiger partial charge on any atom is 0.180 e. The number of aromatic nitrogens is 7. The van der Waals surface area contributed by atoms with Crippen LogP contribution in [0.3, 0.4) is 0 Å². The second-order valence-electron chi connectivity index (χ2n) is 8.81. The molecule has 6 rings (SSSR count). The molecule has 36 heavy (non-hydrogen) atoms. The van der Waals surface area contributed by atoms with Gasteiger partial charge in [0, 0.05) is 27.9 Å². The van der Waals surface area contributed by atoms with E-state index in [9.17, 15) is 0 Å². The van der Waals surface area contributed by atoms with E-state index in [0.717, 1.165) is 56.7 Å². The van der Waals surface area contributed by atoms with Gasteiger partial charge in [-0.15, -0.1) is 5.10 Å². The number of pyridine rings is 1. The Kier molecular flexibility index (Phi) is 5.58. The Morgan fingerprint density at radius 1 is 0.833 bits per heavy atom. The van der Waals surface area contributed by atoms with Gasteiger partial charge in [0.15, 0.2) is 5.82 Å². The van der Waals surface area contributed by atoms with Crippen LogP contribution in [-0.4, -0.2) is 35.4 Å². The summed E-state index contributed by atoms with van der Waals surface area (Å²) in [5.74, 6) is 0.654. The van der Waals surface area contributed by atoms with Gasteiger partial charge in [-0.2, -0.15) is 5.10 Å². The zero-order chi connectivity index (χ0) is 24.5. The predicted molar refractivity (Wildman–Crippen MR) is 141 cm³/mol. The molecule has 0 saturated heterocycles. The number of nitrogens with one attached hydrogen (secondary N) is 1. The van der Waals surface area contributed by atoms with E-state index in [-0.39, 0.29) is 0 Å². The molecule has 0 radical (unpaired) electrons. The fourth-order valence-electron chi connectivity index (χ4n) is 4.72. The second kappa shape index (κ2) is 9.19. The quantitative estimate of drug-likeness (QED) is 0.329. The second-order valence-corrected chi connectivity index (χ2v) is 8.81. The minimum Gasteiger partial charge on any atom is -0.260 e. The molecule has 7 heteroatoms. The number of nitrogens with zero attached hydrogens (tertiary/aromatic N) is 6. The van der Waals surface area contributed by atoms with Crippen molar-refractivity contribution in [3.05, 3.63) is 102 Å². The van der Waals surface area contributed by atoms with Crippen LogP contribution in [-0.2, 0) is 13.0 Å². The zero-order valence-corrected chi connectivity index (χ0v) is 20.2. The van der Waals surface area contributed by atoms with E-state index in [1.54, 1.807) is 0 Å². The van der Waals surface area contributed by atoms with Gasteiger partial charge in [-0.05, 0) is 46.5 Å². The number of H-pyrrole nitrogens is 1. The van der Waals surface area contributed by atoms with Crippen molar-refractivity contribution < 1.29 is 0 Å². The molecule has 0 saturated carbocycles. The first-order chi connectivity index (χ1) is 17.7. The molecule has 7 nitrogen and oxygen atoms in total. The molecule has 3 aromatic heterocycles. The average Bonchev–Trinajstić information content (AvgIpc) is 3.59. The summed E-state index contributed by atoms with van der Waals surface area (Å²) < 4.78 is 2.11. The van der Waals surface area contributed by atoms with Crippen LogP contribution in [0.2, 0.25) is 0 Å². The first-order valence-corrected chi connectivity index (χ1v) is 12.1. The Morgan fingerprint density at radius 2 is 1.58 bits per heavy atom. The summed E-state index contributed by atoms with van der Waals surface area (Å²) in [5.41, 5.74) is 9.62.